The highest BCUT2D eigenvalue weighted by atomic mass is 79.9. The number of alkyl halides is 1. The van der Waals surface area contributed by atoms with Gasteiger partial charge in [-0.2, -0.15) is 0 Å². The molecule has 2 rings (SSSR count). The lowest BCUT2D eigenvalue weighted by atomic mass is 9.84. The minimum Gasteiger partial charge on any atom is -0.301 e. The highest BCUT2D eigenvalue weighted by Crippen LogP contribution is 2.32. The molecule has 0 aliphatic heterocycles. The number of hydrogen-bond donors (Lipinski definition) is 0. The lowest BCUT2D eigenvalue weighted by molar-refractivity contribution is 0.205. The van der Waals surface area contributed by atoms with Gasteiger partial charge in [0, 0.05) is 33.2 Å². The van der Waals surface area contributed by atoms with Gasteiger partial charge in [0.15, 0.2) is 0 Å². The summed E-state index contributed by atoms with van der Waals surface area (Å²) in [5, 5.41) is 2.58. The highest BCUT2D eigenvalue weighted by Gasteiger charge is 2.27. The summed E-state index contributed by atoms with van der Waals surface area (Å²) in [4.78, 5) is 3.82. The van der Waals surface area contributed by atoms with E-state index in [0.29, 0.717) is 5.38 Å². The van der Waals surface area contributed by atoms with E-state index in [1.165, 1.54) is 28.7 Å². The molecule has 0 unspecified atom stereocenters. The Morgan fingerprint density at radius 3 is 2.87 bits per heavy atom. The molecule has 0 atom stereocenters. The summed E-state index contributed by atoms with van der Waals surface area (Å²) in [5.74, 6) is 0.820. The van der Waals surface area contributed by atoms with Crippen LogP contribution in [0.15, 0.2) is 15.9 Å². The smallest absolute Gasteiger partial charge is 0.0342 e. The molecule has 0 aromatic carbocycles. The molecule has 1 aliphatic carbocycles. The number of hydrogen-bond acceptors (Lipinski definition) is 2. The van der Waals surface area contributed by atoms with E-state index in [0.717, 1.165) is 12.5 Å². The van der Waals surface area contributed by atoms with Gasteiger partial charge in [-0.15, -0.1) is 22.9 Å². The zero-order chi connectivity index (χ0) is 10.8. The molecule has 1 nitrogen and oxygen atoms in total. The van der Waals surface area contributed by atoms with Crippen LogP contribution in [0.4, 0.5) is 0 Å². The molecule has 0 N–H and O–H groups in total. The van der Waals surface area contributed by atoms with Crippen molar-refractivity contribution in [2.24, 2.45) is 5.92 Å². The molecule has 0 spiro atoms. The van der Waals surface area contributed by atoms with Crippen molar-refractivity contribution in [2.45, 2.75) is 24.8 Å². The molecule has 4 heteroatoms. The lowest BCUT2D eigenvalue weighted by Crippen LogP contribution is -2.34. The summed E-state index contributed by atoms with van der Waals surface area (Å²) < 4.78 is 1.19. The van der Waals surface area contributed by atoms with E-state index in [9.17, 15) is 0 Å². The molecule has 1 heterocycles. The first-order valence-corrected chi connectivity index (χ1v) is 7.30. The van der Waals surface area contributed by atoms with Gasteiger partial charge in [-0.1, -0.05) is 0 Å². The van der Waals surface area contributed by atoms with Gasteiger partial charge in [0.25, 0.3) is 0 Å². The highest BCUT2D eigenvalue weighted by molar-refractivity contribution is 9.10. The Balaban J connectivity index is 1.75. The molecular weight excluding hydrogens is 294 g/mol. The Morgan fingerprint density at radius 2 is 2.33 bits per heavy atom. The maximum absolute atomic E-state index is 5.97. The number of halogens is 2. The summed E-state index contributed by atoms with van der Waals surface area (Å²) in [7, 11) is 2.19. The van der Waals surface area contributed by atoms with Crippen LogP contribution in [0.3, 0.4) is 0 Å². The molecule has 1 fully saturated rings. The van der Waals surface area contributed by atoms with Crippen molar-refractivity contribution >= 4 is 38.9 Å². The first-order valence-electron chi connectivity index (χ1n) is 5.19. The third-order valence-electron chi connectivity index (χ3n) is 2.80. The number of thiophene rings is 1. The minimum atomic E-state index is 0.444. The zero-order valence-corrected chi connectivity index (χ0v) is 11.9. The minimum absolute atomic E-state index is 0.444. The van der Waals surface area contributed by atoms with Gasteiger partial charge in [0.05, 0.1) is 0 Å². The van der Waals surface area contributed by atoms with Crippen LogP contribution >= 0.6 is 38.9 Å². The molecule has 1 saturated carbocycles. The normalized spacial score (nSPS) is 25.6. The third-order valence-corrected chi connectivity index (χ3v) is 4.83. The van der Waals surface area contributed by atoms with Crippen molar-refractivity contribution in [3.05, 3.63) is 20.8 Å². The molecule has 15 heavy (non-hydrogen) atoms. The average Bonchev–Trinajstić information content (AvgIpc) is 2.48. The topological polar surface area (TPSA) is 3.24 Å². The van der Waals surface area contributed by atoms with Gasteiger partial charge < -0.3 is 4.90 Å². The van der Waals surface area contributed by atoms with Crippen molar-refractivity contribution in [1.82, 2.24) is 4.90 Å². The third kappa shape index (κ3) is 3.45. The fraction of sp³-hybridized carbons (Fsp3) is 0.636. The van der Waals surface area contributed by atoms with Crippen LogP contribution in [0.1, 0.15) is 17.7 Å². The van der Waals surface area contributed by atoms with E-state index in [4.69, 9.17) is 11.6 Å². The van der Waals surface area contributed by atoms with E-state index >= 15 is 0 Å². The summed E-state index contributed by atoms with van der Waals surface area (Å²) in [6, 6.07) is 2.20. The molecule has 84 valence electrons. The second kappa shape index (κ2) is 5.17. The van der Waals surface area contributed by atoms with E-state index in [1.54, 1.807) is 0 Å². The molecular formula is C11H15BrClNS. The van der Waals surface area contributed by atoms with Crippen LogP contribution in [-0.4, -0.2) is 23.9 Å². The van der Waals surface area contributed by atoms with E-state index in [2.05, 4.69) is 39.3 Å². The van der Waals surface area contributed by atoms with Gasteiger partial charge in [-0.3, -0.25) is 0 Å². The van der Waals surface area contributed by atoms with Gasteiger partial charge in [-0.25, -0.2) is 0 Å². The molecule has 1 aromatic rings. The quantitative estimate of drug-likeness (QED) is 0.761. The van der Waals surface area contributed by atoms with E-state index in [1.807, 2.05) is 11.3 Å². The Hall–Kier alpha value is 0.430. The molecule has 1 aromatic heterocycles. The Morgan fingerprint density at radius 1 is 1.60 bits per heavy atom. The van der Waals surface area contributed by atoms with Crippen LogP contribution in [0, 0.1) is 5.92 Å². The fourth-order valence-electron chi connectivity index (χ4n) is 2.01. The second-order valence-electron chi connectivity index (χ2n) is 4.36. The van der Waals surface area contributed by atoms with Crippen molar-refractivity contribution < 1.29 is 0 Å². The van der Waals surface area contributed by atoms with Gasteiger partial charge in [-0.05, 0) is 47.8 Å². The van der Waals surface area contributed by atoms with Crippen molar-refractivity contribution in [3.8, 4) is 0 Å². The Kier molecular flexibility index (Phi) is 4.10. The van der Waals surface area contributed by atoms with Crippen molar-refractivity contribution in [3.63, 3.8) is 0 Å². The standard InChI is InChI=1S/C11H15BrClNS/c1-14(5-8-2-10(13)3-8)6-11-4-9(12)7-15-11/h4,7-8,10H,2-3,5-6H2,1H3. The van der Waals surface area contributed by atoms with Crippen LogP contribution < -0.4 is 0 Å². The van der Waals surface area contributed by atoms with E-state index in [-0.39, 0.29) is 0 Å². The molecule has 1 aliphatic rings. The SMILES string of the molecule is CN(Cc1cc(Br)cs1)CC1CC(Cl)C1. The number of rotatable bonds is 4. The first-order chi connectivity index (χ1) is 7.13. The Bertz CT molecular complexity index is 322. The fourth-order valence-corrected chi connectivity index (χ4v) is 4.05. The van der Waals surface area contributed by atoms with Crippen LogP contribution in [0.5, 0.6) is 0 Å². The summed E-state index contributed by atoms with van der Waals surface area (Å²) in [6.45, 7) is 2.23. The summed E-state index contributed by atoms with van der Waals surface area (Å²) >= 11 is 11.3. The van der Waals surface area contributed by atoms with Crippen LogP contribution in [-0.2, 0) is 6.54 Å². The lowest BCUT2D eigenvalue weighted by Gasteiger charge is -2.34. The van der Waals surface area contributed by atoms with Crippen LogP contribution in [0.2, 0.25) is 0 Å². The molecule has 0 bridgehead atoms. The molecule has 0 saturated heterocycles. The van der Waals surface area contributed by atoms with E-state index < -0.39 is 0 Å². The predicted octanol–water partition coefficient (Wildman–Crippen LogP) is 3.96. The van der Waals surface area contributed by atoms with Gasteiger partial charge in [0.1, 0.15) is 0 Å². The second-order valence-corrected chi connectivity index (χ2v) is 6.89. The van der Waals surface area contributed by atoms with Crippen LogP contribution in [0.25, 0.3) is 0 Å². The average molecular weight is 309 g/mol. The summed E-state index contributed by atoms with van der Waals surface area (Å²) in [5.41, 5.74) is 0. The zero-order valence-electron chi connectivity index (χ0n) is 8.75. The summed E-state index contributed by atoms with van der Waals surface area (Å²) in [6.07, 6.45) is 2.39. The van der Waals surface area contributed by atoms with Gasteiger partial charge in [0.2, 0.25) is 0 Å². The van der Waals surface area contributed by atoms with Crippen molar-refractivity contribution in [1.29, 1.82) is 0 Å². The van der Waals surface area contributed by atoms with Gasteiger partial charge >= 0.3 is 0 Å². The molecule has 0 amide bonds. The predicted molar refractivity (Wildman–Crippen MR) is 70.7 cm³/mol. The first kappa shape index (κ1) is 11.9. The maximum atomic E-state index is 5.97. The van der Waals surface area contributed by atoms with Crippen molar-refractivity contribution in [2.75, 3.05) is 13.6 Å². The monoisotopic (exact) mass is 307 g/mol. The Labute approximate surface area is 109 Å². The molecule has 0 radical (unpaired) electrons. The largest absolute Gasteiger partial charge is 0.301 e. The number of nitrogens with zero attached hydrogens (tertiary/aromatic N) is 1. The maximum Gasteiger partial charge on any atom is 0.0342 e.